The molecule has 2 N–H and O–H groups in total. The van der Waals surface area contributed by atoms with E-state index in [4.69, 9.17) is 9.84 Å². The number of hydrogen-bond donors (Lipinski definition) is 2. The zero-order valence-electron chi connectivity index (χ0n) is 12.7. The van der Waals surface area contributed by atoms with Gasteiger partial charge in [-0.15, -0.1) is 0 Å². The summed E-state index contributed by atoms with van der Waals surface area (Å²) in [5, 5.41) is 11.4. The number of rotatable bonds is 8. The van der Waals surface area contributed by atoms with Gasteiger partial charge in [0.1, 0.15) is 17.4 Å². The fourth-order valence-electron chi connectivity index (χ4n) is 1.61. The average Bonchev–Trinajstić information content (AvgIpc) is 2.23. The van der Waals surface area contributed by atoms with Gasteiger partial charge in [-0.25, -0.2) is 9.59 Å². The van der Waals surface area contributed by atoms with Crippen LogP contribution >= 0.6 is 0 Å². The van der Waals surface area contributed by atoms with E-state index in [1.165, 1.54) is 6.92 Å². The molecule has 20 heavy (non-hydrogen) atoms. The second-order valence-electron chi connectivity index (χ2n) is 5.84. The summed E-state index contributed by atoms with van der Waals surface area (Å²) < 4.78 is 5.02. The SMILES string of the molecule is CC(=O)CCCCC[C@H](NC(=O)OC(C)(C)C)C(=O)O. The molecule has 0 radical (unpaired) electrons. The molecule has 0 spiro atoms. The molecule has 0 aromatic carbocycles. The topological polar surface area (TPSA) is 92.7 Å². The van der Waals surface area contributed by atoms with Crippen LogP contribution in [0.2, 0.25) is 0 Å². The Labute approximate surface area is 119 Å². The number of unbranched alkanes of at least 4 members (excludes halogenated alkanes) is 2. The Balaban J connectivity index is 4.08. The number of amides is 1. The van der Waals surface area contributed by atoms with E-state index < -0.39 is 23.7 Å². The third kappa shape index (κ3) is 10.3. The molecule has 116 valence electrons. The van der Waals surface area contributed by atoms with Gasteiger partial charge < -0.3 is 20.0 Å². The largest absolute Gasteiger partial charge is 0.480 e. The molecular weight excluding hydrogens is 262 g/mol. The summed E-state index contributed by atoms with van der Waals surface area (Å²) >= 11 is 0. The molecule has 0 fully saturated rings. The average molecular weight is 287 g/mol. The highest BCUT2D eigenvalue weighted by molar-refractivity contribution is 5.80. The van der Waals surface area contributed by atoms with E-state index >= 15 is 0 Å². The van der Waals surface area contributed by atoms with Gasteiger partial charge in [-0.05, 0) is 40.5 Å². The van der Waals surface area contributed by atoms with E-state index in [1.807, 2.05) is 0 Å². The molecule has 1 amide bonds. The maximum Gasteiger partial charge on any atom is 0.408 e. The summed E-state index contributed by atoms with van der Waals surface area (Å²) in [7, 11) is 0. The van der Waals surface area contributed by atoms with Crippen LogP contribution in [-0.2, 0) is 14.3 Å². The first-order chi connectivity index (χ1) is 9.11. The number of nitrogens with one attached hydrogen (secondary N) is 1. The minimum absolute atomic E-state index is 0.131. The lowest BCUT2D eigenvalue weighted by Crippen LogP contribution is -2.43. The molecule has 6 heteroatoms. The van der Waals surface area contributed by atoms with Crippen LogP contribution in [0.15, 0.2) is 0 Å². The minimum atomic E-state index is -1.08. The normalized spacial score (nSPS) is 12.6. The van der Waals surface area contributed by atoms with Crippen LogP contribution in [0, 0.1) is 0 Å². The van der Waals surface area contributed by atoms with Gasteiger partial charge in [0.25, 0.3) is 0 Å². The summed E-state index contributed by atoms with van der Waals surface area (Å²) in [5.74, 6) is -0.950. The first-order valence-electron chi connectivity index (χ1n) is 6.83. The van der Waals surface area contributed by atoms with Gasteiger partial charge in [-0.1, -0.05) is 12.8 Å². The predicted octanol–water partition coefficient (Wildman–Crippen LogP) is 2.50. The van der Waals surface area contributed by atoms with Crippen molar-refractivity contribution in [3.63, 3.8) is 0 Å². The molecule has 6 nitrogen and oxygen atoms in total. The smallest absolute Gasteiger partial charge is 0.408 e. The van der Waals surface area contributed by atoms with Gasteiger partial charge in [0.2, 0.25) is 0 Å². The molecule has 0 aliphatic heterocycles. The summed E-state index contributed by atoms with van der Waals surface area (Å²) in [6.07, 6.45) is 2.26. The van der Waals surface area contributed by atoms with Crippen molar-refractivity contribution in [3.05, 3.63) is 0 Å². The van der Waals surface area contributed by atoms with Gasteiger partial charge >= 0.3 is 12.1 Å². The predicted molar refractivity (Wildman–Crippen MR) is 74.6 cm³/mol. The fraction of sp³-hybridized carbons (Fsp3) is 0.786. The molecule has 0 saturated heterocycles. The van der Waals surface area contributed by atoms with Crippen LogP contribution in [0.5, 0.6) is 0 Å². The molecule has 0 unspecified atom stereocenters. The van der Waals surface area contributed by atoms with Crippen LogP contribution in [0.1, 0.15) is 59.8 Å². The number of carboxylic acid groups (broad SMARTS) is 1. The highest BCUT2D eigenvalue weighted by atomic mass is 16.6. The summed E-state index contributed by atoms with van der Waals surface area (Å²) in [6, 6.07) is -0.956. The van der Waals surface area contributed by atoms with E-state index in [0.29, 0.717) is 19.3 Å². The Morgan fingerprint density at radius 3 is 2.20 bits per heavy atom. The molecule has 0 bridgehead atoms. The summed E-state index contributed by atoms with van der Waals surface area (Å²) in [6.45, 7) is 6.67. The van der Waals surface area contributed by atoms with Crippen molar-refractivity contribution in [2.75, 3.05) is 0 Å². The number of aliphatic carboxylic acids is 1. The van der Waals surface area contributed by atoms with Gasteiger partial charge in [-0.3, -0.25) is 0 Å². The summed E-state index contributed by atoms with van der Waals surface area (Å²) in [4.78, 5) is 33.3. The number of Topliss-reactive ketones (excluding diaryl/α,β-unsaturated/α-hetero) is 1. The molecule has 0 aliphatic rings. The highest BCUT2D eigenvalue weighted by Gasteiger charge is 2.23. The van der Waals surface area contributed by atoms with E-state index in [2.05, 4.69) is 5.32 Å². The van der Waals surface area contributed by atoms with Crippen molar-refractivity contribution < 1.29 is 24.2 Å². The van der Waals surface area contributed by atoms with Crippen molar-refractivity contribution >= 4 is 17.8 Å². The standard InChI is InChI=1S/C14H25NO5/c1-10(16)8-6-5-7-9-11(12(17)18)15-13(19)20-14(2,3)4/h11H,5-9H2,1-4H3,(H,15,19)(H,17,18)/t11-/m0/s1. The zero-order chi connectivity index (χ0) is 15.8. The second kappa shape index (κ2) is 8.55. The Kier molecular flexibility index (Phi) is 7.87. The van der Waals surface area contributed by atoms with Crippen LogP contribution < -0.4 is 5.32 Å². The molecule has 0 aromatic heterocycles. The quantitative estimate of drug-likeness (QED) is 0.669. The van der Waals surface area contributed by atoms with Crippen LogP contribution in [0.25, 0.3) is 0 Å². The molecule has 0 aromatic rings. The van der Waals surface area contributed by atoms with Crippen molar-refractivity contribution in [2.45, 2.75) is 71.4 Å². The van der Waals surface area contributed by atoms with Crippen LogP contribution in [0.3, 0.4) is 0 Å². The fourth-order valence-corrected chi connectivity index (χ4v) is 1.61. The minimum Gasteiger partial charge on any atom is -0.480 e. The van der Waals surface area contributed by atoms with Gasteiger partial charge in [0.05, 0.1) is 0 Å². The maximum absolute atomic E-state index is 11.5. The van der Waals surface area contributed by atoms with E-state index in [1.54, 1.807) is 20.8 Å². The lowest BCUT2D eigenvalue weighted by Gasteiger charge is -2.22. The van der Waals surface area contributed by atoms with Gasteiger partial charge in [0, 0.05) is 6.42 Å². The summed E-state index contributed by atoms with van der Waals surface area (Å²) in [5.41, 5.74) is -0.658. The van der Waals surface area contributed by atoms with Gasteiger partial charge in [0.15, 0.2) is 0 Å². The number of carboxylic acids is 1. The Morgan fingerprint density at radius 2 is 1.75 bits per heavy atom. The molecule has 1 atom stereocenters. The molecule has 0 aliphatic carbocycles. The third-order valence-corrected chi connectivity index (χ3v) is 2.51. The lowest BCUT2D eigenvalue weighted by atomic mass is 10.1. The lowest BCUT2D eigenvalue weighted by molar-refractivity contribution is -0.139. The van der Waals surface area contributed by atoms with Crippen LogP contribution in [-0.4, -0.2) is 34.6 Å². The van der Waals surface area contributed by atoms with Crippen molar-refractivity contribution in [2.24, 2.45) is 0 Å². The molecule has 0 saturated carbocycles. The number of carbonyl (C=O) groups is 3. The highest BCUT2D eigenvalue weighted by Crippen LogP contribution is 2.09. The first kappa shape index (κ1) is 18.4. The van der Waals surface area contributed by atoms with E-state index in [9.17, 15) is 14.4 Å². The number of hydrogen-bond acceptors (Lipinski definition) is 4. The number of ketones is 1. The molecule has 0 heterocycles. The number of alkyl carbamates (subject to hydrolysis) is 1. The second-order valence-corrected chi connectivity index (χ2v) is 5.84. The van der Waals surface area contributed by atoms with Crippen molar-refractivity contribution in [1.29, 1.82) is 0 Å². The first-order valence-corrected chi connectivity index (χ1v) is 6.83. The monoisotopic (exact) mass is 287 g/mol. The number of carbonyl (C=O) groups excluding carboxylic acids is 2. The Hall–Kier alpha value is -1.59. The maximum atomic E-state index is 11.5. The molecular formula is C14H25NO5. The zero-order valence-corrected chi connectivity index (χ0v) is 12.7. The van der Waals surface area contributed by atoms with E-state index in [-0.39, 0.29) is 5.78 Å². The third-order valence-electron chi connectivity index (χ3n) is 2.51. The van der Waals surface area contributed by atoms with E-state index in [0.717, 1.165) is 12.8 Å². The number of ether oxygens (including phenoxy) is 1. The van der Waals surface area contributed by atoms with Gasteiger partial charge in [-0.2, -0.15) is 0 Å². The Bertz CT molecular complexity index is 346. The Morgan fingerprint density at radius 1 is 1.15 bits per heavy atom. The van der Waals surface area contributed by atoms with Crippen molar-refractivity contribution in [3.8, 4) is 0 Å². The van der Waals surface area contributed by atoms with Crippen molar-refractivity contribution in [1.82, 2.24) is 5.32 Å². The van der Waals surface area contributed by atoms with Crippen LogP contribution in [0.4, 0.5) is 4.79 Å². The molecule has 0 rings (SSSR count).